The van der Waals surface area contributed by atoms with Crippen molar-refractivity contribution in [3.05, 3.63) is 45.3 Å². The molecule has 1 amide bonds. The first-order chi connectivity index (χ1) is 12.2. The summed E-state index contributed by atoms with van der Waals surface area (Å²) in [5.41, 5.74) is 3.51. The highest BCUT2D eigenvalue weighted by molar-refractivity contribution is 7.16. The molecule has 1 unspecified atom stereocenters. The van der Waals surface area contributed by atoms with Gasteiger partial charge in [0.25, 0.3) is 5.91 Å². The molecule has 26 heavy (non-hydrogen) atoms. The summed E-state index contributed by atoms with van der Waals surface area (Å²) in [6.45, 7) is 11.5. The molecule has 1 aromatic heterocycles. The van der Waals surface area contributed by atoms with Crippen molar-refractivity contribution in [2.45, 2.75) is 47.6 Å². The van der Waals surface area contributed by atoms with Gasteiger partial charge in [0.05, 0.1) is 12.2 Å². The van der Waals surface area contributed by atoms with E-state index in [1.165, 1.54) is 11.3 Å². The zero-order chi connectivity index (χ0) is 19.4. The Bertz CT molecular complexity index is 825. The minimum Gasteiger partial charge on any atom is -0.481 e. The minimum atomic E-state index is -0.699. The Hall–Kier alpha value is -2.34. The molecule has 0 aliphatic heterocycles. The van der Waals surface area contributed by atoms with Crippen LogP contribution in [0.5, 0.6) is 5.75 Å². The van der Waals surface area contributed by atoms with Crippen LogP contribution < -0.4 is 10.1 Å². The number of rotatable bonds is 6. The molecule has 0 bridgehead atoms. The van der Waals surface area contributed by atoms with Crippen molar-refractivity contribution in [2.75, 3.05) is 11.9 Å². The van der Waals surface area contributed by atoms with Crippen molar-refractivity contribution in [1.29, 1.82) is 0 Å². The second kappa shape index (κ2) is 8.36. The molecule has 0 spiro atoms. The van der Waals surface area contributed by atoms with E-state index < -0.39 is 12.1 Å². The predicted molar refractivity (Wildman–Crippen MR) is 104 cm³/mol. The van der Waals surface area contributed by atoms with Crippen LogP contribution in [0.2, 0.25) is 0 Å². The number of carbonyl (C=O) groups excluding carboxylic acids is 2. The van der Waals surface area contributed by atoms with Crippen LogP contribution in [0.3, 0.4) is 0 Å². The normalized spacial score (nSPS) is 11.8. The Kier molecular flexibility index (Phi) is 6.42. The Morgan fingerprint density at radius 2 is 1.85 bits per heavy atom. The van der Waals surface area contributed by atoms with Gasteiger partial charge in [-0.05, 0) is 70.4 Å². The van der Waals surface area contributed by atoms with Crippen LogP contribution in [0.4, 0.5) is 5.00 Å². The van der Waals surface area contributed by atoms with Crippen LogP contribution in [-0.2, 0) is 9.53 Å². The first kappa shape index (κ1) is 20.0. The fourth-order valence-electron chi connectivity index (χ4n) is 2.42. The molecule has 0 saturated heterocycles. The smallest absolute Gasteiger partial charge is 0.341 e. The molecule has 0 fully saturated rings. The summed E-state index contributed by atoms with van der Waals surface area (Å²) in [6, 6.07) is 5.71. The second-order valence-corrected chi connectivity index (χ2v) is 7.43. The quantitative estimate of drug-likeness (QED) is 0.752. The standard InChI is InChI=1S/C20H25NO4S/c1-7-24-20(23)17-13(4)15(6)26-19(17)21-18(22)14(5)25-16-9-8-11(2)12(3)10-16/h8-10,14H,7H2,1-6H3,(H,21,22). The van der Waals surface area contributed by atoms with Crippen molar-refractivity contribution in [2.24, 2.45) is 0 Å². The van der Waals surface area contributed by atoms with E-state index in [4.69, 9.17) is 9.47 Å². The number of aryl methyl sites for hydroxylation is 3. The molecule has 0 saturated carbocycles. The molecule has 1 N–H and O–H groups in total. The molecular weight excluding hydrogens is 350 g/mol. The van der Waals surface area contributed by atoms with Crippen LogP contribution >= 0.6 is 11.3 Å². The van der Waals surface area contributed by atoms with E-state index in [0.29, 0.717) is 16.3 Å². The van der Waals surface area contributed by atoms with Crippen LogP contribution in [0, 0.1) is 27.7 Å². The van der Waals surface area contributed by atoms with Gasteiger partial charge >= 0.3 is 5.97 Å². The number of hydrogen-bond acceptors (Lipinski definition) is 5. The largest absolute Gasteiger partial charge is 0.481 e. The van der Waals surface area contributed by atoms with Crippen molar-refractivity contribution in [1.82, 2.24) is 0 Å². The number of benzene rings is 1. The molecule has 5 nitrogen and oxygen atoms in total. The molecular formula is C20H25NO4S. The summed E-state index contributed by atoms with van der Waals surface area (Å²) < 4.78 is 10.9. The zero-order valence-corrected chi connectivity index (χ0v) is 16.9. The Labute approximate surface area is 158 Å². The fraction of sp³-hybridized carbons (Fsp3) is 0.400. The fourth-order valence-corrected chi connectivity index (χ4v) is 3.47. The van der Waals surface area contributed by atoms with Gasteiger partial charge in [0, 0.05) is 4.88 Å². The number of anilines is 1. The molecule has 1 heterocycles. The van der Waals surface area contributed by atoms with Crippen molar-refractivity contribution in [3.63, 3.8) is 0 Å². The van der Waals surface area contributed by atoms with Gasteiger partial charge in [0.2, 0.25) is 0 Å². The monoisotopic (exact) mass is 375 g/mol. The summed E-state index contributed by atoms with van der Waals surface area (Å²) >= 11 is 1.36. The molecule has 1 atom stereocenters. The van der Waals surface area contributed by atoms with E-state index in [1.807, 2.05) is 45.9 Å². The average Bonchev–Trinajstić information content (AvgIpc) is 2.85. The number of ether oxygens (including phenoxy) is 2. The van der Waals surface area contributed by atoms with E-state index in [2.05, 4.69) is 5.32 Å². The molecule has 0 aliphatic carbocycles. The molecule has 2 aromatic rings. The van der Waals surface area contributed by atoms with E-state index in [9.17, 15) is 9.59 Å². The van der Waals surface area contributed by atoms with Crippen molar-refractivity contribution in [3.8, 4) is 5.75 Å². The Morgan fingerprint density at radius 1 is 1.15 bits per heavy atom. The van der Waals surface area contributed by atoms with Gasteiger partial charge in [-0.15, -0.1) is 11.3 Å². The third-order valence-corrected chi connectivity index (χ3v) is 5.38. The first-order valence-corrected chi connectivity index (χ1v) is 9.38. The van der Waals surface area contributed by atoms with Crippen molar-refractivity contribution < 1.29 is 19.1 Å². The van der Waals surface area contributed by atoms with E-state index >= 15 is 0 Å². The van der Waals surface area contributed by atoms with E-state index in [1.54, 1.807) is 13.8 Å². The number of hydrogen-bond donors (Lipinski definition) is 1. The van der Waals surface area contributed by atoms with Crippen molar-refractivity contribution >= 4 is 28.2 Å². The summed E-state index contributed by atoms with van der Waals surface area (Å²) in [5, 5.41) is 3.31. The molecule has 6 heteroatoms. The molecule has 2 rings (SSSR count). The third-order valence-electron chi connectivity index (χ3n) is 4.26. The maximum absolute atomic E-state index is 12.5. The van der Waals surface area contributed by atoms with Gasteiger partial charge in [-0.25, -0.2) is 4.79 Å². The maximum Gasteiger partial charge on any atom is 0.341 e. The van der Waals surface area contributed by atoms with Gasteiger partial charge in [-0.1, -0.05) is 6.07 Å². The number of thiophene rings is 1. The van der Waals surface area contributed by atoms with E-state index in [-0.39, 0.29) is 12.5 Å². The molecule has 0 radical (unpaired) electrons. The molecule has 1 aromatic carbocycles. The average molecular weight is 375 g/mol. The maximum atomic E-state index is 12.5. The van der Waals surface area contributed by atoms with Crippen LogP contribution in [0.1, 0.15) is 45.8 Å². The number of esters is 1. The molecule has 0 aliphatic rings. The highest BCUT2D eigenvalue weighted by Gasteiger charge is 2.24. The van der Waals surface area contributed by atoms with Gasteiger partial charge in [-0.3, -0.25) is 4.79 Å². The van der Waals surface area contributed by atoms with Crippen LogP contribution in [0.25, 0.3) is 0 Å². The molecule has 140 valence electrons. The lowest BCUT2D eigenvalue weighted by Gasteiger charge is -2.15. The van der Waals surface area contributed by atoms with Gasteiger partial charge < -0.3 is 14.8 Å². The second-order valence-electron chi connectivity index (χ2n) is 6.20. The zero-order valence-electron chi connectivity index (χ0n) is 16.1. The highest BCUT2D eigenvalue weighted by atomic mass is 32.1. The third kappa shape index (κ3) is 4.43. The van der Waals surface area contributed by atoms with Gasteiger partial charge in [0.15, 0.2) is 6.10 Å². The minimum absolute atomic E-state index is 0.285. The summed E-state index contributed by atoms with van der Waals surface area (Å²) in [6.07, 6.45) is -0.699. The first-order valence-electron chi connectivity index (χ1n) is 8.56. The van der Waals surface area contributed by atoms with Gasteiger partial charge in [-0.2, -0.15) is 0 Å². The summed E-state index contributed by atoms with van der Waals surface area (Å²) in [4.78, 5) is 25.7. The van der Waals surface area contributed by atoms with Crippen LogP contribution in [-0.4, -0.2) is 24.6 Å². The number of carbonyl (C=O) groups is 2. The van der Waals surface area contributed by atoms with Crippen LogP contribution in [0.15, 0.2) is 18.2 Å². The SMILES string of the molecule is CCOC(=O)c1c(NC(=O)C(C)Oc2ccc(C)c(C)c2)sc(C)c1C. The summed E-state index contributed by atoms with van der Waals surface area (Å²) in [7, 11) is 0. The van der Waals surface area contributed by atoms with E-state index in [0.717, 1.165) is 21.6 Å². The lowest BCUT2D eigenvalue weighted by molar-refractivity contribution is -0.122. The Morgan fingerprint density at radius 3 is 2.46 bits per heavy atom. The Balaban J connectivity index is 2.15. The predicted octanol–water partition coefficient (Wildman–Crippen LogP) is 4.56. The number of nitrogens with one attached hydrogen (secondary N) is 1. The number of amides is 1. The lowest BCUT2D eigenvalue weighted by atomic mass is 10.1. The summed E-state index contributed by atoms with van der Waals surface area (Å²) in [5.74, 6) is -0.0951. The highest BCUT2D eigenvalue weighted by Crippen LogP contribution is 2.33. The topological polar surface area (TPSA) is 64.6 Å². The lowest BCUT2D eigenvalue weighted by Crippen LogP contribution is -2.30. The van der Waals surface area contributed by atoms with Gasteiger partial charge in [0.1, 0.15) is 10.8 Å².